The fraction of sp³-hybridized carbons (Fsp3) is 0.278. The summed E-state index contributed by atoms with van der Waals surface area (Å²) < 4.78 is 25.1. The van der Waals surface area contributed by atoms with Crippen LogP contribution in [-0.2, 0) is 17.0 Å². The average Bonchev–Trinajstić information content (AvgIpc) is 2.60. The normalized spacial score (nSPS) is 13.2. The lowest BCUT2D eigenvalue weighted by molar-refractivity contribution is -0.160. The lowest BCUT2D eigenvalue weighted by atomic mass is 9.90. The van der Waals surface area contributed by atoms with E-state index in [0.717, 1.165) is 17.7 Å². The highest BCUT2D eigenvalue weighted by molar-refractivity contribution is 5.79. The molecule has 0 aromatic heterocycles. The maximum atomic E-state index is 14.4. The minimum atomic E-state index is -2.32. The molecule has 0 spiro atoms. The number of benzene rings is 2. The monoisotopic (exact) mass is 334 g/mol. The fourth-order valence-electron chi connectivity index (χ4n) is 2.32. The van der Waals surface area contributed by atoms with Crippen molar-refractivity contribution in [2.24, 2.45) is 0 Å². The van der Waals surface area contributed by atoms with Gasteiger partial charge in [-0.15, -0.1) is 0 Å². The minimum absolute atomic E-state index is 0.131. The summed E-state index contributed by atoms with van der Waals surface area (Å²) in [4.78, 5) is 11.3. The first-order valence-electron chi connectivity index (χ1n) is 7.43. The van der Waals surface area contributed by atoms with Gasteiger partial charge < -0.3 is 19.7 Å². The number of ether oxygens (including phenoxy) is 2. The molecular formula is C18H19FO5. The van der Waals surface area contributed by atoms with Crippen molar-refractivity contribution >= 4 is 5.97 Å². The molecule has 0 saturated heterocycles. The van der Waals surface area contributed by atoms with Gasteiger partial charge in [0.05, 0.1) is 7.11 Å². The number of aliphatic hydroxyl groups is 1. The van der Waals surface area contributed by atoms with Crippen molar-refractivity contribution in [1.82, 2.24) is 0 Å². The summed E-state index contributed by atoms with van der Waals surface area (Å²) in [6.07, 6.45) is -0.188. The van der Waals surface area contributed by atoms with Crippen LogP contribution >= 0.6 is 0 Å². The van der Waals surface area contributed by atoms with Gasteiger partial charge in [-0.25, -0.2) is 9.18 Å². The molecule has 0 bridgehead atoms. The number of carboxylic acids is 1. The smallest absolute Gasteiger partial charge is 0.340 e. The van der Waals surface area contributed by atoms with Crippen molar-refractivity contribution in [1.29, 1.82) is 0 Å². The van der Waals surface area contributed by atoms with Gasteiger partial charge in [0.15, 0.2) is 17.1 Å². The number of carboxylic acid groups (broad SMARTS) is 1. The van der Waals surface area contributed by atoms with Crippen molar-refractivity contribution in [2.45, 2.75) is 25.6 Å². The van der Waals surface area contributed by atoms with Gasteiger partial charge in [-0.3, -0.25) is 0 Å². The molecule has 0 heterocycles. The Kier molecular flexibility index (Phi) is 5.41. The second kappa shape index (κ2) is 7.31. The zero-order valence-electron chi connectivity index (χ0n) is 13.5. The molecule has 0 amide bonds. The van der Waals surface area contributed by atoms with E-state index < -0.39 is 17.4 Å². The maximum Gasteiger partial charge on any atom is 0.340 e. The van der Waals surface area contributed by atoms with Crippen molar-refractivity contribution in [3.63, 3.8) is 0 Å². The maximum absolute atomic E-state index is 14.4. The Morgan fingerprint density at radius 3 is 2.42 bits per heavy atom. The predicted octanol–water partition coefficient (Wildman–Crippen LogP) is 3.10. The summed E-state index contributed by atoms with van der Waals surface area (Å²) in [6, 6.07) is 11.5. The summed E-state index contributed by atoms with van der Waals surface area (Å²) >= 11 is 0. The van der Waals surface area contributed by atoms with Gasteiger partial charge in [-0.05, 0) is 18.1 Å². The standard InChI is InChI=1S/C18H19FO5/c1-3-18(22,17(20)21)13-9-15(23-2)16(10-14(13)19)24-11-12-7-5-4-6-8-12/h4-10,22H,3,11H2,1-2H3,(H,20,21). The lowest BCUT2D eigenvalue weighted by Gasteiger charge is -2.24. The topological polar surface area (TPSA) is 76.0 Å². The van der Waals surface area contributed by atoms with Crippen LogP contribution in [0.4, 0.5) is 4.39 Å². The minimum Gasteiger partial charge on any atom is -0.493 e. The molecule has 128 valence electrons. The van der Waals surface area contributed by atoms with Crippen LogP contribution < -0.4 is 9.47 Å². The average molecular weight is 334 g/mol. The molecule has 2 N–H and O–H groups in total. The molecular weight excluding hydrogens is 315 g/mol. The van der Waals surface area contributed by atoms with Gasteiger partial charge in [0.2, 0.25) is 0 Å². The number of hydrogen-bond acceptors (Lipinski definition) is 4. The van der Waals surface area contributed by atoms with E-state index in [9.17, 15) is 19.4 Å². The molecule has 2 rings (SSSR count). The van der Waals surface area contributed by atoms with Gasteiger partial charge in [0, 0.05) is 11.6 Å². The van der Waals surface area contributed by atoms with Crippen molar-refractivity contribution < 1.29 is 28.9 Å². The zero-order valence-corrected chi connectivity index (χ0v) is 13.5. The van der Waals surface area contributed by atoms with E-state index in [4.69, 9.17) is 9.47 Å². The number of aliphatic carboxylic acids is 1. The molecule has 0 radical (unpaired) electrons. The fourth-order valence-corrected chi connectivity index (χ4v) is 2.32. The van der Waals surface area contributed by atoms with Crippen LogP contribution in [0.3, 0.4) is 0 Å². The second-order valence-corrected chi connectivity index (χ2v) is 5.28. The Labute approximate surface area is 139 Å². The molecule has 1 unspecified atom stereocenters. The van der Waals surface area contributed by atoms with Crippen molar-refractivity contribution in [3.05, 3.63) is 59.4 Å². The van der Waals surface area contributed by atoms with Gasteiger partial charge in [0.25, 0.3) is 0 Å². The number of rotatable bonds is 7. The number of hydrogen-bond donors (Lipinski definition) is 2. The first kappa shape index (κ1) is 17.7. The summed E-state index contributed by atoms with van der Waals surface area (Å²) in [5.74, 6) is -2.11. The quantitative estimate of drug-likeness (QED) is 0.814. The van der Waals surface area contributed by atoms with Gasteiger partial charge in [-0.1, -0.05) is 37.3 Å². The Morgan fingerprint density at radius 1 is 1.21 bits per heavy atom. The Hall–Kier alpha value is -2.60. The molecule has 24 heavy (non-hydrogen) atoms. The Balaban J connectivity index is 2.35. The molecule has 0 aliphatic carbocycles. The highest BCUT2D eigenvalue weighted by atomic mass is 19.1. The van der Waals surface area contributed by atoms with Crippen LogP contribution in [0.15, 0.2) is 42.5 Å². The van der Waals surface area contributed by atoms with Crippen molar-refractivity contribution in [2.75, 3.05) is 7.11 Å². The summed E-state index contributed by atoms with van der Waals surface area (Å²) in [6.45, 7) is 1.66. The third-order valence-corrected chi connectivity index (χ3v) is 3.80. The zero-order chi connectivity index (χ0) is 17.7. The molecule has 0 saturated carbocycles. The SMILES string of the molecule is CCC(O)(C(=O)O)c1cc(OC)c(OCc2ccccc2)cc1F. The Morgan fingerprint density at radius 2 is 1.88 bits per heavy atom. The molecule has 1 atom stereocenters. The Bertz CT molecular complexity index is 717. The molecule has 2 aromatic carbocycles. The van der Waals surface area contributed by atoms with E-state index in [1.165, 1.54) is 14.0 Å². The van der Waals surface area contributed by atoms with Gasteiger partial charge in [0.1, 0.15) is 12.4 Å². The largest absolute Gasteiger partial charge is 0.493 e. The summed E-state index contributed by atoms with van der Waals surface area (Å²) in [5.41, 5.74) is -1.80. The summed E-state index contributed by atoms with van der Waals surface area (Å²) in [5, 5.41) is 19.4. The predicted molar refractivity (Wildman–Crippen MR) is 85.5 cm³/mol. The van der Waals surface area contributed by atoms with E-state index in [1.807, 2.05) is 30.3 Å². The highest BCUT2D eigenvalue weighted by Gasteiger charge is 2.39. The van der Waals surface area contributed by atoms with Gasteiger partial charge in [-0.2, -0.15) is 0 Å². The number of methoxy groups -OCH3 is 1. The van der Waals surface area contributed by atoms with E-state index in [-0.39, 0.29) is 30.1 Å². The molecule has 0 aliphatic heterocycles. The van der Waals surface area contributed by atoms with Crippen LogP contribution in [0.2, 0.25) is 0 Å². The third-order valence-electron chi connectivity index (χ3n) is 3.80. The van der Waals surface area contributed by atoms with Gasteiger partial charge >= 0.3 is 5.97 Å². The lowest BCUT2D eigenvalue weighted by Crippen LogP contribution is -2.35. The van der Waals surface area contributed by atoms with Crippen LogP contribution in [0.1, 0.15) is 24.5 Å². The van der Waals surface area contributed by atoms with Crippen molar-refractivity contribution in [3.8, 4) is 11.5 Å². The highest BCUT2D eigenvalue weighted by Crippen LogP contribution is 2.36. The van der Waals surface area contributed by atoms with E-state index in [2.05, 4.69) is 0 Å². The molecule has 0 fully saturated rings. The van der Waals surface area contributed by atoms with Crippen LogP contribution in [0.5, 0.6) is 11.5 Å². The van der Waals surface area contributed by atoms with E-state index in [1.54, 1.807) is 0 Å². The second-order valence-electron chi connectivity index (χ2n) is 5.28. The first-order chi connectivity index (χ1) is 11.4. The first-order valence-corrected chi connectivity index (χ1v) is 7.43. The molecule has 6 heteroatoms. The molecule has 2 aromatic rings. The van der Waals surface area contributed by atoms with Crippen LogP contribution in [0.25, 0.3) is 0 Å². The molecule has 0 aliphatic rings. The summed E-state index contributed by atoms with van der Waals surface area (Å²) in [7, 11) is 1.36. The number of carbonyl (C=O) groups is 1. The van der Waals surface area contributed by atoms with E-state index >= 15 is 0 Å². The van der Waals surface area contributed by atoms with Crippen LogP contribution in [-0.4, -0.2) is 23.3 Å². The van der Waals surface area contributed by atoms with E-state index in [0.29, 0.717) is 0 Å². The number of halogens is 1. The van der Waals surface area contributed by atoms with Crippen LogP contribution in [0, 0.1) is 5.82 Å². The molecule has 5 nitrogen and oxygen atoms in total. The third kappa shape index (κ3) is 3.49.